The van der Waals surface area contributed by atoms with Gasteiger partial charge in [-0.1, -0.05) is 12.1 Å². The minimum Gasteiger partial charge on any atom is -0.449 e. The summed E-state index contributed by atoms with van der Waals surface area (Å²) in [6, 6.07) is 4.87. The highest BCUT2D eigenvalue weighted by atomic mass is 32.2. The maximum absolute atomic E-state index is 10.7. The van der Waals surface area contributed by atoms with Crippen molar-refractivity contribution in [2.45, 2.75) is 4.90 Å². The lowest BCUT2D eigenvalue weighted by molar-refractivity contribution is 0.143. The number of carboxylic acid groups (broad SMARTS) is 1. The van der Waals surface area contributed by atoms with Crippen LogP contribution in [-0.4, -0.2) is 24.2 Å². The van der Waals surface area contributed by atoms with Gasteiger partial charge in [0, 0.05) is 0 Å². The number of rotatable bonds is 2. The van der Waals surface area contributed by atoms with Gasteiger partial charge in [0.15, 0.2) is 5.75 Å². The van der Waals surface area contributed by atoms with E-state index in [1.54, 1.807) is 0 Å². The van der Waals surface area contributed by atoms with Crippen molar-refractivity contribution >= 4 is 16.3 Å². The largest absolute Gasteiger partial charge is 0.511 e. The molecule has 1 rings (SSSR count). The smallest absolute Gasteiger partial charge is 0.449 e. The molecule has 0 saturated heterocycles. The van der Waals surface area contributed by atoms with Crippen LogP contribution in [-0.2, 0) is 10.1 Å². The van der Waals surface area contributed by atoms with Crippen molar-refractivity contribution < 1.29 is 27.6 Å². The molecule has 0 aromatic heterocycles. The van der Waals surface area contributed by atoms with Gasteiger partial charge in [0.05, 0.1) is 0 Å². The van der Waals surface area contributed by atoms with Crippen LogP contribution in [0.5, 0.6) is 5.75 Å². The predicted octanol–water partition coefficient (Wildman–Crippen LogP) is 0.990. The molecule has 0 heterocycles. The van der Waals surface area contributed by atoms with Crippen molar-refractivity contribution in [2.24, 2.45) is 0 Å². The van der Waals surface area contributed by atoms with Gasteiger partial charge in [-0.25, -0.2) is 4.79 Å². The molecule has 0 amide bonds. The van der Waals surface area contributed by atoms with Crippen LogP contribution < -0.4 is 4.74 Å². The Morgan fingerprint density at radius 3 is 2.36 bits per heavy atom. The van der Waals surface area contributed by atoms with E-state index in [2.05, 4.69) is 4.74 Å². The topological polar surface area (TPSA) is 101 Å². The van der Waals surface area contributed by atoms with Crippen LogP contribution in [0.3, 0.4) is 0 Å². The Kier molecular flexibility index (Phi) is 2.73. The molecule has 0 unspecified atom stereocenters. The maximum Gasteiger partial charge on any atom is 0.511 e. The zero-order valence-corrected chi connectivity index (χ0v) is 7.56. The standard InChI is InChI=1S/C7H6O6S/c8-7(9)13-5-3-1-2-4-6(5)14(10,11)12/h1-4H,(H,8,9)(H,10,11,12). The number of para-hydroxylation sites is 1. The van der Waals surface area contributed by atoms with Crippen molar-refractivity contribution in [1.82, 2.24) is 0 Å². The van der Waals surface area contributed by atoms with Crippen molar-refractivity contribution in [3.05, 3.63) is 24.3 Å². The molecule has 0 atom stereocenters. The maximum atomic E-state index is 10.7. The van der Waals surface area contributed by atoms with Gasteiger partial charge in [0.1, 0.15) is 4.90 Å². The van der Waals surface area contributed by atoms with E-state index in [4.69, 9.17) is 9.66 Å². The summed E-state index contributed by atoms with van der Waals surface area (Å²) in [5.41, 5.74) is 0. The fourth-order valence-corrected chi connectivity index (χ4v) is 1.46. The minimum absolute atomic E-state index is 0.428. The molecule has 0 saturated carbocycles. The highest BCUT2D eigenvalue weighted by Crippen LogP contribution is 2.22. The molecule has 0 radical (unpaired) electrons. The highest BCUT2D eigenvalue weighted by Gasteiger charge is 2.17. The quantitative estimate of drug-likeness (QED) is 0.436. The molecule has 2 N–H and O–H groups in total. The summed E-state index contributed by atoms with van der Waals surface area (Å²) < 4.78 is 34.3. The van der Waals surface area contributed by atoms with E-state index in [0.717, 1.165) is 12.1 Å². The summed E-state index contributed by atoms with van der Waals surface area (Å²) in [5, 5.41) is 8.26. The molecular weight excluding hydrogens is 212 g/mol. The Morgan fingerprint density at radius 1 is 1.29 bits per heavy atom. The van der Waals surface area contributed by atoms with Crippen LogP contribution in [0.15, 0.2) is 29.2 Å². The predicted molar refractivity (Wildman–Crippen MR) is 44.9 cm³/mol. The average Bonchev–Trinajstić information content (AvgIpc) is 2.01. The summed E-state index contributed by atoms with van der Waals surface area (Å²) in [6.45, 7) is 0. The molecule has 0 aliphatic carbocycles. The second kappa shape index (κ2) is 3.64. The van der Waals surface area contributed by atoms with Gasteiger partial charge in [0.25, 0.3) is 10.1 Å². The van der Waals surface area contributed by atoms with Crippen LogP contribution in [0.4, 0.5) is 4.79 Å². The summed E-state index contributed by atoms with van der Waals surface area (Å²) in [4.78, 5) is 9.57. The SMILES string of the molecule is O=C(O)Oc1ccccc1S(=O)(=O)O. The van der Waals surface area contributed by atoms with E-state index in [0.29, 0.717) is 0 Å². The first-order valence-electron chi connectivity index (χ1n) is 3.38. The first-order valence-corrected chi connectivity index (χ1v) is 4.82. The van der Waals surface area contributed by atoms with Crippen molar-refractivity contribution in [3.8, 4) is 5.75 Å². The monoisotopic (exact) mass is 218 g/mol. The number of ether oxygens (including phenoxy) is 1. The van der Waals surface area contributed by atoms with E-state index in [1.807, 2.05) is 0 Å². The van der Waals surface area contributed by atoms with Gasteiger partial charge in [-0.3, -0.25) is 4.55 Å². The lowest BCUT2D eigenvalue weighted by atomic mass is 10.3. The Hall–Kier alpha value is -1.60. The fourth-order valence-electron chi connectivity index (χ4n) is 0.842. The summed E-state index contributed by atoms with van der Waals surface area (Å²) in [5.74, 6) is -0.428. The molecule has 0 bridgehead atoms. The van der Waals surface area contributed by atoms with Crippen molar-refractivity contribution in [2.75, 3.05) is 0 Å². The molecule has 0 aliphatic heterocycles. The van der Waals surface area contributed by atoms with E-state index in [-0.39, 0.29) is 0 Å². The lowest BCUT2D eigenvalue weighted by Crippen LogP contribution is -2.07. The third-order valence-electron chi connectivity index (χ3n) is 1.32. The molecule has 1 aromatic carbocycles. The van der Waals surface area contributed by atoms with Crippen molar-refractivity contribution in [3.63, 3.8) is 0 Å². The minimum atomic E-state index is -4.47. The molecule has 1 aromatic rings. The lowest BCUT2D eigenvalue weighted by Gasteiger charge is -2.03. The van der Waals surface area contributed by atoms with Gasteiger partial charge in [-0.15, -0.1) is 0 Å². The zero-order valence-electron chi connectivity index (χ0n) is 6.75. The van der Waals surface area contributed by atoms with Crippen molar-refractivity contribution in [1.29, 1.82) is 0 Å². The fraction of sp³-hybridized carbons (Fsp3) is 0. The normalized spacial score (nSPS) is 10.9. The van der Waals surface area contributed by atoms with Gasteiger partial charge < -0.3 is 9.84 Å². The molecule has 7 heteroatoms. The van der Waals surface area contributed by atoms with E-state index in [9.17, 15) is 13.2 Å². The molecule has 14 heavy (non-hydrogen) atoms. The third kappa shape index (κ3) is 2.44. The van der Waals surface area contributed by atoms with E-state index in [1.165, 1.54) is 12.1 Å². The first kappa shape index (κ1) is 10.5. The second-order valence-corrected chi connectivity index (χ2v) is 3.68. The molecule has 0 spiro atoms. The van der Waals surface area contributed by atoms with Crippen LogP contribution in [0.1, 0.15) is 0 Å². The Balaban J connectivity index is 3.23. The number of benzene rings is 1. The molecule has 0 fully saturated rings. The number of hydrogen-bond donors (Lipinski definition) is 2. The summed E-state index contributed by atoms with van der Waals surface area (Å²) >= 11 is 0. The van der Waals surface area contributed by atoms with Gasteiger partial charge >= 0.3 is 6.16 Å². The van der Waals surface area contributed by atoms with Crippen LogP contribution in [0.25, 0.3) is 0 Å². The molecular formula is C7H6O6S. The first-order chi connectivity index (χ1) is 6.41. The van der Waals surface area contributed by atoms with Gasteiger partial charge in [0.2, 0.25) is 0 Å². The van der Waals surface area contributed by atoms with E-state index < -0.39 is 26.9 Å². The van der Waals surface area contributed by atoms with Crippen LogP contribution in [0.2, 0.25) is 0 Å². The Labute approximate surface area is 79.5 Å². The molecule has 76 valence electrons. The summed E-state index contributed by atoms with van der Waals surface area (Å²) in [6.07, 6.45) is -1.65. The molecule has 6 nitrogen and oxygen atoms in total. The van der Waals surface area contributed by atoms with Crippen LogP contribution in [0, 0.1) is 0 Å². The van der Waals surface area contributed by atoms with Gasteiger partial charge in [-0.05, 0) is 12.1 Å². The number of carbonyl (C=O) groups is 1. The molecule has 0 aliphatic rings. The Bertz CT molecular complexity index is 449. The van der Waals surface area contributed by atoms with E-state index >= 15 is 0 Å². The summed E-state index contributed by atoms with van der Waals surface area (Å²) in [7, 11) is -4.47. The van der Waals surface area contributed by atoms with Gasteiger partial charge in [-0.2, -0.15) is 8.42 Å². The average molecular weight is 218 g/mol. The third-order valence-corrected chi connectivity index (χ3v) is 2.22. The number of hydrogen-bond acceptors (Lipinski definition) is 4. The second-order valence-electron chi connectivity index (χ2n) is 2.29. The zero-order chi connectivity index (χ0) is 10.8. The highest BCUT2D eigenvalue weighted by molar-refractivity contribution is 7.86. The van der Waals surface area contributed by atoms with Crippen LogP contribution >= 0.6 is 0 Å². The Morgan fingerprint density at radius 2 is 1.86 bits per heavy atom.